The van der Waals surface area contributed by atoms with Gasteiger partial charge in [0.2, 0.25) is 0 Å². The summed E-state index contributed by atoms with van der Waals surface area (Å²) in [6.07, 6.45) is 7.85. The third-order valence-electron chi connectivity index (χ3n) is 5.34. The number of fused-ring (bicyclic) bond motifs is 3. The molecule has 0 saturated heterocycles. The Labute approximate surface area is 153 Å². The average Bonchev–Trinajstić information content (AvgIpc) is 3.02. The van der Waals surface area contributed by atoms with Crippen LogP contribution < -0.4 is 0 Å². The van der Waals surface area contributed by atoms with Gasteiger partial charge in [-0.05, 0) is 53.8 Å². The molecule has 0 radical (unpaired) electrons. The van der Waals surface area contributed by atoms with Gasteiger partial charge < -0.3 is 4.57 Å². The Bertz CT molecular complexity index is 1160. The zero-order valence-corrected chi connectivity index (χ0v) is 14.9. The standard InChI is InChI=1S/C25H21N/c1-18-8-7-9-19(16-18)20-14-15-25-23(17-20)22-12-5-6-13-24(22)26(25)21-10-3-2-4-11-21/h2-15,17-18H,16H2,1H3. The van der Waals surface area contributed by atoms with Gasteiger partial charge in [-0.15, -0.1) is 0 Å². The second-order valence-electron chi connectivity index (χ2n) is 7.18. The predicted molar refractivity (Wildman–Crippen MR) is 112 cm³/mol. The van der Waals surface area contributed by atoms with Crippen LogP contribution >= 0.6 is 0 Å². The van der Waals surface area contributed by atoms with Gasteiger partial charge in [-0.25, -0.2) is 0 Å². The number of allylic oxidation sites excluding steroid dienone is 4. The molecule has 1 heteroatoms. The van der Waals surface area contributed by atoms with Crippen LogP contribution in [0.25, 0.3) is 33.1 Å². The lowest BCUT2D eigenvalue weighted by Gasteiger charge is -2.15. The maximum atomic E-state index is 2.37. The van der Waals surface area contributed by atoms with E-state index in [0.717, 1.165) is 6.42 Å². The average molecular weight is 335 g/mol. The molecule has 1 unspecified atom stereocenters. The highest BCUT2D eigenvalue weighted by atomic mass is 15.0. The van der Waals surface area contributed by atoms with Crippen LogP contribution in [0.15, 0.2) is 91.0 Å². The van der Waals surface area contributed by atoms with E-state index in [1.807, 2.05) is 0 Å². The summed E-state index contributed by atoms with van der Waals surface area (Å²) < 4.78 is 2.37. The van der Waals surface area contributed by atoms with Crippen LogP contribution in [-0.4, -0.2) is 4.57 Å². The Hall–Kier alpha value is -3.06. The third kappa shape index (κ3) is 2.40. The van der Waals surface area contributed by atoms with Crippen molar-refractivity contribution in [3.05, 3.63) is 96.6 Å². The lowest BCUT2D eigenvalue weighted by Crippen LogP contribution is -1.97. The molecule has 0 bridgehead atoms. The van der Waals surface area contributed by atoms with E-state index in [9.17, 15) is 0 Å². The second kappa shape index (κ2) is 6.03. The monoisotopic (exact) mass is 335 g/mol. The first-order valence-electron chi connectivity index (χ1n) is 9.27. The van der Waals surface area contributed by atoms with Crippen molar-refractivity contribution in [2.24, 2.45) is 5.92 Å². The summed E-state index contributed by atoms with van der Waals surface area (Å²) in [7, 11) is 0. The van der Waals surface area contributed by atoms with Crippen molar-refractivity contribution in [1.29, 1.82) is 0 Å². The van der Waals surface area contributed by atoms with Gasteiger partial charge in [-0.3, -0.25) is 0 Å². The van der Waals surface area contributed by atoms with Gasteiger partial charge in [0.15, 0.2) is 0 Å². The fraction of sp³-hybridized carbons (Fsp3) is 0.120. The van der Waals surface area contributed by atoms with Crippen LogP contribution in [0.3, 0.4) is 0 Å². The summed E-state index contributed by atoms with van der Waals surface area (Å²) in [4.78, 5) is 0. The molecule has 0 N–H and O–H groups in total. The molecule has 1 heterocycles. The first-order chi connectivity index (χ1) is 12.8. The molecule has 1 atom stereocenters. The van der Waals surface area contributed by atoms with E-state index in [-0.39, 0.29) is 0 Å². The lowest BCUT2D eigenvalue weighted by molar-refractivity contribution is 0.749. The van der Waals surface area contributed by atoms with Crippen LogP contribution in [0.5, 0.6) is 0 Å². The minimum atomic E-state index is 0.608. The van der Waals surface area contributed by atoms with Gasteiger partial charge in [0, 0.05) is 16.5 Å². The second-order valence-corrected chi connectivity index (χ2v) is 7.18. The molecular weight excluding hydrogens is 314 g/mol. The van der Waals surface area contributed by atoms with Crippen molar-refractivity contribution >= 4 is 27.4 Å². The molecule has 0 spiro atoms. The first-order valence-corrected chi connectivity index (χ1v) is 9.27. The van der Waals surface area contributed by atoms with Crippen LogP contribution in [0.4, 0.5) is 0 Å². The SMILES string of the molecule is CC1C=CC=C(c2ccc3c(c2)c2ccccc2n3-c2ccccc2)C1. The molecule has 3 aromatic carbocycles. The van der Waals surface area contributed by atoms with E-state index in [1.165, 1.54) is 38.6 Å². The number of rotatable bonds is 2. The van der Waals surface area contributed by atoms with Crippen LogP contribution in [0.1, 0.15) is 18.9 Å². The molecular formula is C25H21N. The maximum Gasteiger partial charge on any atom is 0.0541 e. The summed E-state index contributed by atoms with van der Waals surface area (Å²) in [5.74, 6) is 0.608. The maximum absolute atomic E-state index is 2.37. The van der Waals surface area contributed by atoms with Gasteiger partial charge in [-0.1, -0.05) is 67.6 Å². The van der Waals surface area contributed by atoms with E-state index < -0.39 is 0 Å². The summed E-state index contributed by atoms with van der Waals surface area (Å²) in [5, 5.41) is 2.64. The molecule has 0 amide bonds. The van der Waals surface area contributed by atoms with Crippen molar-refractivity contribution in [2.75, 3.05) is 0 Å². The summed E-state index contributed by atoms with van der Waals surface area (Å²) in [6.45, 7) is 2.28. The highest BCUT2D eigenvalue weighted by Crippen LogP contribution is 2.35. The fourth-order valence-electron chi connectivity index (χ4n) is 4.09. The number of hydrogen-bond donors (Lipinski definition) is 0. The van der Waals surface area contributed by atoms with Crippen LogP contribution in [0.2, 0.25) is 0 Å². The molecule has 126 valence electrons. The molecule has 1 aromatic heterocycles. The van der Waals surface area contributed by atoms with Crippen LogP contribution in [-0.2, 0) is 0 Å². The Kier molecular flexibility index (Phi) is 3.53. The van der Waals surface area contributed by atoms with Gasteiger partial charge in [0.1, 0.15) is 0 Å². The number of para-hydroxylation sites is 2. The minimum Gasteiger partial charge on any atom is -0.309 e. The van der Waals surface area contributed by atoms with E-state index in [0.29, 0.717) is 5.92 Å². The summed E-state index contributed by atoms with van der Waals surface area (Å²) in [5.41, 5.74) is 6.50. The molecule has 0 aliphatic heterocycles. The summed E-state index contributed by atoms with van der Waals surface area (Å²) in [6, 6.07) is 26.3. The van der Waals surface area contributed by atoms with Crippen molar-refractivity contribution in [2.45, 2.75) is 13.3 Å². The van der Waals surface area contributed by atoms with Gasteiger partial charge >= 0.3 is 0 Å². The molecule has 0 fully saturated rings. The van der Waals surface area contributed by atoms with E-state index in [4.69, 9.17) is 0 Å². The quantitative estimate of drug-likeness (QED) is 0.381. The highest BCUT2D eigenvalue weighted by Gasteiger charge is 2.14. The Morgan fingerprint density at radius 3 is 2.42 bits per heavy atom. The Morgan fingerprint density at radius 2 is 1.58 bits per heavy atom. The number of benzene rings is 3. The zero-order chi connectivity index (χ0) is 17.5. The van der Waals surface area contributed by atoms with E-state index in [2.05, 4.69) is 103 Å². The van der Waals surface area contributed by atoms with Gasteiger partial charge in [0.25, 0.3) is 0 Å². The zero-order valence-electron chi connectivity index (χ0n) is 14.9. The summed E-state index contributed by atoms with van der Waals surface area (Å²) >= 11 is 0. The third-order valence-corrected chi connectivity index (χ3v) is 5.34. The molecule has 1 aliphatic carbocycles. The lowest BCUT2D eigenvalue weighted by atomic mass is 9.90. The van der Waals surface area contributed by atoms with Crippen LogP contribution in [0, 0.1) is 5.92 Å². The molecule has 0 saturated carbocycles. The minimum absolute atomic E-state index is 0.608. The smallest absolute Gasteiger partial charge is 0.0541 e. The Morgan fingerprint density at radius 1 is 0.808 bits per heavy atom. The molecule has 26 heavy (non-hydrogen) atoms. The van der Waals surface area contributed by atoms with Crippen molar-refractivity contribution in [3.8, 4) is 5.69 Å². The molecule has 1 nitrogen and oxygen atoms in total. The van der Waals surface area contributed by atoms with E-state index in [1.54, 1.807) is 0 Å². The van der Waals surface area contributed by atoms with E-state index >= 15 is 0 Å². The number of hydrogen-bond acceptors (Lipinski definition) is 0. The topological polar surface area (TPSA) is 4.93 Å². The Balaban J connectivity index is 1.79. The first kappa shape index (κ1) is 15.2. The number of aromatic nitrogens is 1. The van der Waals surface area contributed by atoms with Crippen molar-refractivity contribution < 1.29 is 0 Å². The largest absolute Gasteiger partial charge is 0.309 e. The van der Waals surface area contributed by atoms with Crippen molar-refractivity contribution in [3.63, 3.8) is 0 Å². The highest BCUT2D eigenvalue weighted by molar-refractivity contribution is 6.10. The van der Waals surface area contributed by atoms with Crippen molar-refractivity contribution in [1.82, 2.24) is 4.57 Å². The predicted octanol–water partition coefficient (Wildman–Crippen LogP) is 6.76. The van der Waals surface area contributed by atoms with Gasteiger partial charge in [-0.2, -0.15) is 0 Å². The molecule has 4 aromatic rings. The molecule has 5 rings (SSSR count). The fourth-order valence-corrected chi connectivity index (χ4v) is 4.09. The normalized spacial score (nSPS) is 17.0. The number of nitrogens with zero attached hydrogens (tertiary/aromatic N) is 1. The molecule has 1 aliphatic rings. The van der Waals surface area contributed by atoms with Gasteiger partial charge in [0.05, 0.1) is 11.0 Å².